The summed E-state index contributed by atoms with van der Waals surface area (Å²) < 4.78 is 5.41. The summed E-state index contributed by atoms with van der Waals surface area (Å²) in [5.41, 5.74) is 3.85. The molecule has 0 aliphatic heterocycles. The fourth-order valence-electron chi connectivity index (χ4n) is 2.53. The van der Waals surface area contributed by atoms with Crippen LogP contribution < -0.4 is 9.64 Å². The molecule has 6 heteroatoms. The summed E-state index contributed by atoms with van der Waals surface area (Å²) >= 11 is 6.12. The number of ether oxygens (including phenoxy) is 1. The number of halogens is 1. The molecule has 0 aliphatic carbocycles. The Balaban J connectivity index is 1.96. The zero-order valence-corrected chi connectivity index (χ0v) is 15.2. The molecule has 0 fully saturated rings. The number of hydrogen-bond donors (Lipinski definition) is 0. The molecule has 5 nitrogen and oxygen atoms in total. The van der Waals surface area contributed by atoms with Gasteiger partial charge in [0.05, 0.1) is 12.8 Å². The fourth-order valence-corrected chi connectivity index (χ4v) is 2.72. The Morgan fingerprint density at radius 3 is 2.68 bits per heavy atom. The number of aromatic nitrogens is 3. The van der Waals surface area contributed by atoms with Gasteiger partial charge in [0.25, 0.3) is 0 Å². The van der Waals surface area contributed by atoms with Crippen molar-refractivity contribution in [1.82, 2.24) is 15.0 Å². The third-order valence-electron chi connectivity index (χ3n) is 3.72. The third-order valence-corrected chi connectivity index (χ3v) is 3.96. The van der Waals surface area contributed by atoms with E-state index >= 15 is 0 Å². The van der Waals surface area contributed by atoms with Gasteiger partial charge in [0.15, 0.2) is 0 Å². The molecule has 2 aromatic heterocycles. The van der Waals surface area contributed by atoms with E-state index in [1.165, 1.54) is 0 Å². The summed E-state index contributed by atoms with van der Waals surface area (Å²) in [5.74, 6) is 1.26. The van der Waals surface area contributed by atoms with Crippen molar-refractivity contribution in [2.45, 2.75) is 6.42 Å². The highest BCUT2D eigenvalue weighted by Crippen LogP contribution is 2.31. The van der Waals surface area contributed by atoms with E-state index in [4.69, 9.17) is 16.3 Å². The smallest absolute Gasteiger partial charge is 0.224 e. The Bertz CT molecular complexity index is 883. The topological polar surface area (TPSA) is 51.1 Å². The van der Waals surface area contributed by atoms with Crippen molar-refractivity contribution in [3.63, 3.8) is 0 Å². The Morgan fingerprint density at radius 2 is 1.96 bits per heavy atom. The van der Waals surface area contributed by atoms with E-state index < -0.39 is 0 Å². The Kier molecular flexibility index (Phi) is 5.14. The zero-order chi connectivity index (χ0) is 17.8. The van der Waals surface area contributed by atoms with E-state index in [9.17, 15) is 0 Å². The van der Waals surface area contributed by atoms with Crippen LogP contribution in [0.1, 0.15) is 11.3 Å². The van der Waals surface area contributed by atoms with Crippen molar-refractivity contribution in [3.05, 3.63) is 65.1 Å². The standard InChI is InChI=1S/C19H19ClN4O/c1-24(2)19-21-8-7-16(23-19)9-13-10-17(18(25-3)22-12-13)14-5-4-6-15(20)11-14/h4-8,10-12H,9H2,1-3H3. The van der Waals surface area contributed by atoms with Crippen LogP contribution in [0.2, 0.25) is 5.02 Å². The molecule has 0 atom stereocenters. The first-order valence-corrected chi connectivity index (χ1v) is 8.22. The fraction of sp³-hybridized carbons (Fsp3) is 0.211. The van der Waals surface area contributed by atoms with Gasteiger partial charge in [-0.1, -0.05) is 23.7 Å². The van der Waals surface area contributed by atoms with Gasteiger partial charge in [0.1, 0.15) is 0 Å². The van der Waals surface area contributed by atoms with Crippen molar-refractivity contribution in [2.24, 2.45) is 0 Å². The summed E-state index contributed by atoms with van der Waals surface area (Å²) in [6.45, 7) is 0. The minimum atomic E-state index is 0.572. The predicted molar refractivity (Wildman–Crippen MR) is 100 cm³/mol. The molecule has 0 saturated carbocycles. The monoisotopic (exact) mass is 354 g/mol. The molecule has 3 rings (SSSR count). The highest BCUT2D eigenvalue weighted by molar-refractivity contribution is 6.30. The molecule has 0 saturated heterocycles. The molecule has 0 aliphatic rings. The molecule has 0 unspecified atom stereocenters. The largest absolute Gasteiger partial charge is 0.481 e. The number of rotatable bonds is 5. The van der Waals surface area contributed by atoms with Crippen LogP contribution in [0.5, 0.6) is 5.88 Å². The summed E-state index contributed by atoms with van der Waals surface area (Å²) in [5, 5.41) is 0.677. The highest BCUT2D eigenvalue weighted by atomic mass is 35.5. The van der Waals surface area contributed by atoms with Crippen LogP contribution in [0.15, 0.2) is 48.8 Å². The second-order valence-electron chi connectivity index (χ2n) is 5.83. The highest BCUT2D eigenvalue weighted by Gasteiger charge is 2.11. The van der Waals surface area contributed by atoms with Crippen molar-refractivity contribution >= 4 is 17.5 Å². The van der Waals surface area contributed by atoms with E-state index in [0.717, 1.165) is 22.4 Å². The second-order valence-corrected chi connectivity index (χ2v) is 6.27. The van der Waals surface area contributed by atoms with Gasteiger partial charge in [-0.15, -0.1) is 0 Å². The molecule has 2 heterocycles. The summed E-state index contributed by atoms with van der Waals surface area (Å²) in [7, 11) is 5.46. The van der Waals surface area contributed by atoms with Crippen LogP contribution in [0, 0.1) is 0 Å². The summed E-state index contributed by atoms with van der Waals surface area (Å²) in [6.07, 6.45) is 4.24. The van der Waals surface area contributed by atoms with Crippen LogP contribution in [0.4, 0.5) is 5.95 Å². The molecule has 3 aromatic rings. The zero-order valence-electron chi connectivity index (χ0n) is 14.4. The van der Waals surface area contributed by atoms with E-state index in [1.807, 2.05) is 55.5 Å². The first-order valence-electron chi connectivity index (χ1n) is 7.85. The average molecular weight is 355 g/mol. The van der Waals surface area contributed by atoms with Gasteiger partial charge in [-0.2, -0.15) is 0 Å². The molecule has 128 valence electrons. The van der Waals surface area contributed by atoms with Crippen molar-refractivity contribution < 1.29 is 4.74 Å². The molecule has 0 N–H and O–H groups in total. The minimum Gasteiger partial charge on any atom is -0.481 e. The average Bonchev–Trinajstić information content (AvgIpc) is 2.62. The van der Waals surface area contributed by atoms with E-state index in [-0.39, 0.29) is 0 Å². The maximum Gasteiger partial charge on any atom is 0.224 e. The quantitative estimate of drug-likeness (QED) is 0.696. The Labute approximate surface area is 152 Å². The predicted octanol–water partition coefficient (Wildman–Crippen LogP) is 3.86. The molecule has 0 amide bonds. The maximum absolute atomic E-state index is 6.12. The molecule has 1 aromatic carbocycles. The third kappa shape index (κ3) is 4.06. The number of anilines is 1. The van der Waals surface area contributed by atoms with Crippen LogP contribution in [0.25, 0.3) is 11.1 Å². The van der Waals surface area contributed by atoms with E-state index in [2.05, 4.69) is 21.0 Å². The summed E-state index contributed by atoms with van der Waals surface area (Å²) in [6, 6.07) is 11.6. The minimum absolute atomic E-state index is 0.572. The van der Waals surface area contributed by atoms with Gasteiger partial charge in [0, 0.05) is 43.5 Å². The number of hydrogen-bond acceptors (Lipinski definition) is 5. The number of nitrogens with zero attached hydrogens (tertiary/aromatic N) is 4. The van der Waals surface area contributed by atoms with Gasteiger partial charge in [-0.05, 0) is 35.4 Å². The number of methoxy groups -OCH3 is 1. The normalized spacial score (nSPS) is 10.6. The van der Waals surface area contributed by atoms with Crippen molar-refractivity contribution in [2.75, 3.05) is 26.1 Å². The van der Waals surface area contributed by atoms with Crippen molar-refractivity contribution in [3.8, 4) is 17.0 Å². The second kappa shape index (κ2) is 7.49. The molecular weight excluding hydrogens is 336 g/mol. The Morgan fingerprint density at radius 1 is 1.12 bits per heavy atom. The first-order chi connectivity index (χ1) is 12.1. The van der Waals surface area contributed by atoms with Crippen LogP contribution in [-0.4, -0.2) is 36.2 Å². The molecule has 25 heavy (non-hydrogen) atoms. The first kappa shape index (κ1) is 17.2. The van der Waals surface area contributed by atoms with Gasteiger partial charge < -0.3 is 9.64 Å². The lowest BCUT2D eigenvalue weighted by molar-refractivity contribution is 0.399. The summed E-state index contributed by atoms with van der Waals surface area (Å²) in [4.78, 5) is 15.1. The van der Waals surface area contributed by atoms with E-state index in [1.54, 1.807) is 13.3 Å². The van der Waals surface area contributed by atoms with E-state index in [0.29, 0.717) is 23.3 Å². The van der Waals surface area contributed by atoms with Crippen LogP contribution in [-0.2, 0) is 6.42 Å². The lowest BCUT2D eigenvalue weighted by Crippen LogP contribution is -2.13. The SMILES string of the molecule is COc1ncc(Cc2ccnc(N(C)C)n2)cc1-c1cccc(Cl)c1. The van der Waals surface area contributed by atoms with Crippen LogP contribution in [0.3, 0.4) is 0 Å². The van der Waals surface area contributed by atoms with Gasteiger partial charge in [-0.3, -0.25) is 0 Å². The van der Waals surface area contributed by atoms with Crippen LogP contribution >= 0.6 is 11.6 Å². The van der Waals surface area contributed by atoms with Gasteiger partial charge >= 0.3 is 0 Å². The molecule has 0 bridgehead atoms. The van der Waals surface area contributed by atoms with Gasteiger partial charge in [-0.25, -0.2) is 15.0 Å². The lowest BCUT2D eigenvalue weighted by atomic mass is 10.0. The molecule has 0 spiro atoms. The van der Waals surface area contributed by atoms with Gasteiger partial charge in [0.2, 0.25) is 11.8 Å². The molecule has 0 radical (unpaired) electrons. The number of pyridine rings is 1. The van der Waals surface area contributed by atoms with Crippen molar-refractivity contribution in [1.29, 1.82) is 0 Å². The maximum atomic E-state index is 6.12. The number of benzene rings is 1. The lowest BCUT2D eigenvalue weighted by Gasteiger charge is -2.12. The Hall–Kier alpha value is -2.66. The molecular formula is C19H19ClN4O.